The third-order valence-electron chi connectivity index (χ3n) is 5.28. The molecule has 0 aliphatic carbocycles. The molecule has 134 valence electrons. The van der Waals surface area contributed by atoms with Gasteiger partial charge in [0.15, 0.2) is 5.13 Å². The highest BCUT2D eigenvalue weighted by atomic mass is 32.1. The number of rotatable bonds is 4. The largest absolute Gasteiger partial charge is 0.497 e. The number of ether oxygens (including phenoxy) is 1. The van der Waals surface area contributed by atoms with Gasteiger partial charge in [0.25, 0.3) is 0 Å². The predicted molar refractivity (Wildman–Crippen MR) is 100 cm³/mol. The van der Waals surface area contributed by atoms with E-state index in [9.17, 15) is 4.39 Å². The average molecular weight is 370 g/mol. The Morgan fingerprint density at radius 2 is 2.12 bits per heavy atom. The van der Waals surface area contributed by atoms with Gasteiger partial charge in [-0.3, -0.25) is 9.88 Å². The molecule has 0 saturated carbocycles. The van der Waals surface area contributed by atoms with Crippen molar-refractivity contribution in [2.45, 2.75) is 25.0 Å². The van der Waals surface area contributed by atoms with Crippen molar-refractivity contribution >= 4 is 26.7 Å². The molecule has 3 aliphatic rings. The number of aromatic nitrogens is 2. The van der Waals surface area contributed by atoms with E-state index in [2.05, 4.69) is 20.9 Å². The van der Waals surface area contributed by atoms with Gasteiger partial charge in [-0.05, 0) is 30.7 Å². The molecule has 2 atom stereocenters. The molecule has 5 nitrogen and oxygen atoms in total. The van der Waals surface area contributed by atoms with Crippen molar-refractivity contribution in [1.82, 2.24) is 14.9 Å². The highest BCUT2D eigenvalue weighted by molar-refractivity contribution is 7.22. The number of nitrogens with zero attached hydrogens (tertiary/aromatic N) is 4. The third kappa shape index (κ3) is 2.62. The molecule has 6 rings (SSSR count). The molecule has 0 radical (unpaired) electrons. The Labute approximate surface area is 155 Å². The highest BCUT2D eigenvalue weighted by Crippen LogP contribution is 2.41. The Kier molecular flexibility index (Phi) is 3.79. The lowest BCUT2D eigenvalue weighted by Crippen LogP contribution is -2.68. The lowest BCUT2D eigenvalue weighted by molar-refractivity contribution is 0.106. The fourth-order valence-electron chi connectivity index (χ4n) is 4.02. The summed E-state index contributed by atoms with van der Waals surface area (Å²) in [5.74, 6) is 0.616. The lowest BCUT2D eigenvalue weighted by Gasteiger charge is -2.56. The minimum atomic E-state index is -0.219. The van der Waals surface area contributed by atoms with Gasteiger partial charge in [0.1, 0.15) is 11.6 Å². The zero-order valence-electron chi connectivity index (χ0n) is 14.4. The molecular weight excluding hydrogens is 351 g/mol. The molecule has 1 aromatic carbocycles. The summed E-state index contributed by atoms with van der Waals surface area (Å²) >= 11 is 1.73. The maximum absolute atomic E-state index is 13.9. The fraction of sp³-hybridized carbons (Fsp3) is 0.368. The Balaban J connectivity index is 1.32. The van der Waals surface area contributed by atoms with Crippen molar-refractivity contribution in [2.24, 2.45) is 0 Å². The highest BCUT2D eigenvalue weighted by Gasteiger charge is 2.46. The number of piperidine rings is 1. The Hall–Kier alpha value is -2.25. The van der Waals surface area contributed by atoms with Crippen LogP contribution in [0.3, 0.4) is 0 Å². The SMILES string of the molecule is COc1ccc2sc(N3C4CC3CN(Cc3ncccc3F)C4)nc2c1. The van der Waals surface area contributed by atoms with E-state index in [0.29, 0.717) is 24.3 Å². The Morgan fingerprint density at radius 1 is 1.27 bits per heavy atom. The lowest BCUT2D eigenvalue weighted by atomic mass is 9.88. The minimum absolute atomic E-state index is 0.219. The molecule has 2 bridgehead atoms. The molecule has 3 aromatic rings. The maximum Gasteiger partial charge on any atom is 0.187 e. The summed E-state index contributed by atoms with van der Waals surface area (Å²) in [6.07, 6.45) is 2.84. The summed E-state index contributed by atoms with van der Waals surface area (Å²) in [6.45, 7) is 2.42. The van der Waals surface area contributed by atoms with Gasteiger partial charge >= 0.3 is 0 Å². The van der Waals surface area contributed by atoms with E-state index in [1.165, 1.54) is 17.2 Å². The molecule has 2 unspecified atom stereocenters. The van der Waals surface area contributed by atoms with Gasteiger partial charge in [-0.2, -0.15) is 0 Å². The second-order valence-electron chi connectivity index (χ2n) is 6.91. The van der Waals surface area contributed by atoms with E-state index in [0.717, 1.165) is 29.5 Å². The first-order chi connectivity index (χ1) is 12.7. The average Bonchev–Trinajstić information content (AvgIpc) is 3.05. The van der Waals surface area contributed by atoms with Crippen LogP contribution in [0.15, 0.2) is 36.5 Å². The zero-order valence-corrected chi connectivity index (χ0v) is 15.2. The van der Waals surface area contributed by atoms with Gasteiger partial charge < -0.3 is 9.64 Å². The van der Waals surface area contributed by atoms with Crippen LogP contribution < -0.4 is 9.64 Å². The summed E-state index contributed by atoms with van der Waals surface area (Å²) in [4.78, 5) is 13.7. The predicted octanol–water partition coefficient (Wildman–Crippen LogP) is 3.30. The number of hydrogen-bond acceptors (Lipinski definition) is 6. The van der Waals surface area contributed by atoms with E-state index in [1.54, 1.807) is 30.7 Å². The Bertz CT molecular complexity index is 950. The minimum Gasteiger partial charge on any atom is -0.497 e. The monoisotopic (exact) mass is 370 g/mol. The number of fused-ring (bicyclic) bond motifs is 3. The van der Waals surface area contributed by atoms with Gasteiger partial charge in [0.05, 0.1) is 23.0 Å². The van der Waals surface area contributed by atoms with E-state index >= 15 is 0 Å². The number of anilines is 1. The second kappa shape index (κ2) is 6.17. The van der Waals surface area contributed by atoms with E-state index in [1.807, 2.05) is 12.1 Å². The molecule has 7 heteroatoms. The van der Waals surface area contributed by atoms with Crippen LogP contribution in [0, 0.1) is 5.82 Å². The number of methoxy groups -OCH3 is 1. The molecule has 5 heterocycles. The standard InChI is InChI=1S/C19H19FN4OS/c1-25-14-4-5-18-16(8-14)22-19(26-18)24-12-7-13(24)10-23(9-12)11-17-15(20)3-2-6-21-17/h2-6,8,12-13H,7,9-11H2,1H3. The summed E-state index contributed by atoms with van der Waals surface area (Å²) in [5, 5.41) is 1.08. The quantitative estimate of drug-likeness (QED) is 0.705. The van der Waals surface area contributed by atoms with Crippen LogP contribution >= 0.6 is 11.3 Å². The van der Waals surface area contributed by atoms with Crippen molar-refractivity contribution < 1.29 is 9.13 Å². The van der Waals surface area contributed by atoms with Crippen molar-refractivity contribution in [1.29, 1.82) is 0 Å². The molecule has 0 amide bonds. The number of thiazole rings is 1. The van der Waals surface area contributed by atoms with Crippen LogP contribution in [0.2, 0.25) is 0 Å². The summed E-state index contributed by atoms with van der Waals surface area (Å²) in [5.41, 5.74) is 1.52. The molecular formula is C19H19FN4OS. The summed E-state index contributed by atoms with van der Waals surface area (Å²) in [6, 6.07) is 10.0. The molecule has 26 heavy (non-hydrogen) atoms. The second-order valence-corrected chi connectivity index (χ2v) is 7.92. The first kappa shape index (κ1) is 16.0. The van der Waals surface area contributed by atoms with Gasteiger partial charge in [-0.15, -0.1) is 0 Å². The van der Waals surface area contributed by atoms with Crippen molar-refractivity contribution in [3.05, 3.63) is 48.0 Å². The normalized spacial score (nSPS) is 22.5. The number of piperazine rings is 1. The first-order valence-corrected chi connectivity index (χ1v) is 9.57. The number of halogens is 1. The van der Waals surface area contributed by atoms with Crippen LogP contribution in [0.1, 0.15) is 12.1 Å². The third-order valence-corrected chi connectivity index (χ3v) is 6.33. The van der Waals surface area contributed by atoms with Crippen LogP contribution in [-0.4, -0.2) is 47.2 Å². The zero-order chi connectivity index (χ0) is 17.7. The topological polar surface area (TPSA) is 41.5 Å². The summed E-state index contributed by atoms with van der Waals surface area (Å²) < 4.78 is 20.3. The molecule has 3 saturated heterocycles. The van der Waals surface area contributed by atoms with Crippen LogP contribution in [0.4, 0.5) is 9.52 Å². The number of pyridine rings is 1. The van der Waals surface area contributed by atoms with Gasteiger partial charge in [0.2, 0.25) is 0 Å². The van der Waals surface area contributed by atoms with Crippen LogP contribution in [-0.2, 0) is 6.54 Å². The summed E-state index contributed by atoms with van der Waals surface area (Å²) in [7, 11) is 1.67. The van der Waals surface area contributed by atoms with Crippen LogP contribution in [0.5, 0.6) is 5.75 Å². The number of hydrogen-bond donors (Lipinski definition) is 0. The van der Waals surface area contributed by atoms with E-state index in [4.69, 9.17) is 9.72 Å². The van der Waals surface area contributed by atoms with Crippen LogP contribution in [0.25, 0.3) is 10.2 Å². The number of benzene rings is 1. The van der Waals surface area contributed by atoms with Gasteiger partial charge in [-0.1, -0.05) is 11.3 Å². The molecule has 0 spiro atoms. The van der Waals surface area contributed by atoms with Crippen molar-refractivity contribution in [3.63, 3.8) is 0 Å². The molecule has 3 fully saturated rings. The maximum atomic E-state index is 13.9. The smallest absolute Gasteiger partial charge is 0.187 e. The van der Waals surface area contributed by atoms with Gasteiger partial charge in [0, 0.05) is 44.0 Å². The van der Waals surface area contributed by atoms with E-state index < -0.39 is 0 Å². The van der Waals surface area contributed by atoms with Crippen molar-refractivity contribution in [2.75, 3.05) is 25.1 Å². The van der Waals surface area contributed by atoms with E-state index in [-0.39, 0.29) is 5.82 Å². The molecule has 0 N–H and O–H groups in total. The van der Waals surface area contributed by atoms with Crippen molar-refractivity contribution in [3.8, 4) is 5.75 Å². The molecule has 2 aromatic heterocycles. The fourth-order valence-corrected chi connectivity index (χ4v) is 5.11. The molecule has 3 aliphatic heterocycles. The van der Waals surface area contributed by atoms with Gasteiger partial charge in [-0.25, -0.2) is 9.37 Å². The first-order valence-electron chi connectivity index (χ1n) is 8.76. The Morgan fingerprint density at radius 3 is 2.88 bits per heavy atom.